The maximum absolute atomic E-state index is 11.6. The van der Waals surface area contributed by atoms with Gasteiger partial charge in [0.25, 0.3) is 5.91 Å². The molecule has 0 spiro atoms. The molecule has 0 aliphatic rings. The fraction of sp³-hybridized carbons (Fsp3) is 0.364. The van der Waals surface area contributed by atoms with Gasteiger partial charge in [0, 0.05) is 11.6 Å². The molecule has 1 aromatic rings. The molecule has 0 radical (unpaired) electrons. The summed E-state index contributed by atoms with van der Waals surface area (Å²) in [5.74, 6) is -0.356. The summed E-state index contributed by atoms with van der Waals surface area (Å²) in [7, 11) is 0. The van der Waals surface area contributed by atoms with E-state index in [4.69, 9.17) is 10.2 Å². The van der Waals surface area contributed by atoms with Crippen LogP contribution in [0.3, 0.4) is 0 Å². The fourth-order valence-corrected chi connectivity index (χ4v) is 0.964. The number of hydrogen-bond acceptors (Lipinski definition) is 3. The van der Waals surface area contributed by atoms with Crippen molar-refractivity contribution in [2.24, 2.45) is 0 Å². The van der Waals surface area contributed by atoms with Crippen LogP contribution in [0.25, 0.3) is 0 Å². The number of aliphatic hydroxyl groups excluding tert-OH is 2. The van der Waals surface area contributed by atoms with Crippen molar-refractivity contribution < 1.29 is 15.0 Å². The summed E-state index contributed by atoms with van der Waals surface area (Å²) >= 11 is 0. The third-order valence-corrected chi connectivity index (χ3v) is 2.03. The summed E-state index contributed by atoms with van der Waals surface area (Å²) in [5.41, 5.74) is -0.585. The van der Waals surface area contributed by atoms with E-state index < -0.39 is 5.54 Å². The lowest BCUT2D eigenvalue weighted by molar-refractivity contribution is 0.0724. The van der Waals surface area contributed by atoms with Crippen LogP contribution in [0.15, 0.2) is 18.2 Å². The van der Waals surface area contributed by atoms with E-state index >= 15 is 0 Å². The highest BCUT2D eigenvalue weighted by molar-refractivity contribution is 5.94. The van der Waals surface area contributed by atoms with Crippen LogP contribution in [0.5, 0.6) is 0 Å². The lowest BCUT2D eigenvalue weighted by atomic mass is 10.0. The molecule has 0 aliphatic carbocycles. The smallest absolute Gasteiger partial charge is 0.252 e. The molecule has 80 valence electrons. The van der Waals surface area contributed by atoms with E-state index in [9.17, 15) is 4.79 Å². The fourth-order valence-electron chi connectivity index (χ4n) is 0.964. The summed E-state index contributed by atoms with van der Waals surface area (Å²) in [4.78, 5) is 11.6. The molecule has 4 nitrogen and oxygen atoms in total. The average Bonchev–Trinajstić information content (AvgIpc) is 2.30. The van der Waals surface area contributed by atoms with E-state index in [1.807, 2.05) is 0 Å². The van der Waals surface area contributed by atoms with Crippen molar-refractivity contribution in [3.05, 3.63) is 35.9 Å². The van der Waals surface area contributed by atoms with Gasteiger partial charge in [-0.15, -0.1) is 0 Å². The number of amides is 1. The SMILES string of the molecule is CC(CO)(CO)NC(=O)c1cc#ccc1. The second-order valence-corrected chi connectivity index (χ2v) is 3.55. The van der Waals surface area contributed by atoms with Crippen LogP contribution in [0.4, 0.5) is 0 Å². The minimum atomic E-state index is -1.00. The monoisotopic (exact) mass is 207 g/mol. The molecular weight excluding hydrogens is 194 g/mol. The second-order valence-electron chi connectivity index (χ2n) is 3.55. The number of carbonyl (C=O) groups is 1. The Kier molecular flexibility index (Phi) is 3.67. The highest BCUT2D eigenvalue weighted by atomic mass is 16.3. The Balaban J connectivity index is 2.72. The number of nitrogens with one attached hydrogen (secondary N) is 1. The van der Waals surface area contributed by atoms with Crippen molar-refractivity contribution in [1.82, 2.24) is 5.32 Å². The van der Waals surface area contributed by atoms with Gasteiger partial charge in [0.15, 0.2) is 0 Å². The quantitative estimate of drug-likeness (QED) is 0.638. The van der Waals surface area contributed by atoms with Gasteiger partial charge < -0.3 is 15.5 Å². The van der Waals surface area contributed by atoms with Crippen molar-refractivity contribution in [3.8, 4) is 0 Å². The van der Waals surface area contributed by atoms with Gasteiger partial charge in [0.05, 0.1) is 18.8 Å². The van der Waals surface area contributed by atoms with Gasteiger partial charge in [0.2, 0.25) is 0 Å². The van der Waals surface area contributed by atoms with E-state index in [0.717, 1.165) is 0 Å². The van der Waals surface area contributed by atoms with Crippen LogP contribution in [0.1, 0.15) is 17.3 Å². The van der Waals surface area contributed by atoms with Crippen LogP contribution < -0.4 is 5.32 Å². The molecule has 0 aromatic heterocycles. The Morgan fingerprint density at radius 2 is 2.13 bits per heavy atom. The molecule has 0 heterocycles. The standard InChI is InChI=1S/C11H13NO3/c1-11(7-13,8-14)12-10(15)9-5-3-2-4-6-9/h3,5-6,13-14H,7-8H2,1H3,(H,12,15). The molecule has 1 amide bonds. The van der Waals surface area contributed by atoms with Crippen LogP contribution >= 0.6 is 0 Å². The van der Waals surface area contributed by atoms with Crippen molar-refractivity contribution in [2.75, 3.05) is 13.2 Å². The predicted octanol–water partition coefficient (Wildman–Crippen LogP) is -0.240. The van der Waals surface area contributed by atoms with E-state index in [-0.39, 0.29) is 19.1 Å². The first-order valence-corrected chi connectivity index (χ1v) is 4.53. The Morgan fingerprint density at radius 1 is 1.47 bits per heavy atom. The minimum Gasteiger partial charge on any atom is -0.394 e. The maximum atomic E-state index is 11.6. The Bertz CT molecular complexity index is 320. The lowest BCUT2D eigenvalue weighted by Gasteiger charge is -2.25. The molecule has 0 saturated heterocycles. The first-order valence-electron chi connectivity index (χ1n) is 4.53. The van der Waals surface area contributed by atoms with Gasteiger partial charge in [-0.3, -0.25) is 4.79 Å². The molecule has 0 fully saturated rings. The Hall–Kier alpha value is -1.57. The van der Waals surface area contributed by atoms with Crippen molar-refractivity contribution in [3.63, 3.8) is 0 Å². The summed E-state index contributed by atoms with van der Waals surface area (Å²) in [6.07, 6.45) is 0. The van der Waals surface area contributed by atoms with Crippen molar-refractivity contribution >= 4 is 5.91 Å². The molecule has 0 saturated carbocycles. The van der Waals surface area contributed by atoms with E-state index in [1.165, 1.54) is 6.07 Å². The third-order valence-electron chi connectivity index (χ3n) is 2.03. The second kappa shape index (κ2) is 4.78. The predicted molar refractivity (Wildman–Crippen MR) is 54.2 cm³/mol. The number of aliphatic hydroxyl groups is 2. The van der Waals surface area contributed by atoms with Gasteiger partial charge in [-0.05, 0) is 19.1 Å². The third kappa shape index (κ3) is 2.94. The first-order chi connectivity index (χ1) is 7.11. The highest BCUT2D eigenvalue weighted by Gasteiger charge is 2.24. The lowest BCUT2D eigenvalue weighted by Crippen LogP contribution is -2.51. The number of hydrogen-bond donors (Lipinski definition) is 3. The molecule has 4 heteroatoms. The largest absolute Gasteiger partial charge is 0.394 e. The topological polar surface area (TPSA) is 69.6 Å². The zero-order chi connectivity index (χ0) is 11.3. The van der Waals surface area contributed by atoms with Gasteiger partial charge in [-0.25, -0.2) is 0 Å². The molecule has 0 aliphatic heterocycles. The van der Waals surface area contributed by atoms with E-state index in [0.29, 0.717) is 5.56 Å². The number of rotatable bonds is 4. The summed E-state index contributed by atoms with van der Waals surface area (Å²) in [6.45, 7) is 0.916. The first kappa shape index (κ1) is 11.5. The van der Waals surface area contributed by atoms with Gasteiger partial charge >= 0.3 is 0 Å². The molecule has 1 aromatic carbocycles. The normalized spacial score (nSPS) is 10.6. The summed E-state index contributed by atoms with van der Waals surface area (Å²) in [5, 5.41) is 20.5. The van der Waals surface area contributed by atoms with Gasteiger partial charge in [-0.1, -0.05) is 12.1 Å². The maximum Gasteiger partial charge on any atom is 0.252 e. The molecule has 3 N–H and O–H groups in total. The molecule has 0 atom stereocenters. The average molecular weight is 207 g/mol. The highest BCUT2D eigenvalue weighted by Crippen LogP contribution is 2.03. The van der Waals surface area contributed by atoms with Crippen LogP contribution in [-0.2, 0) is 0 Å². The molecule has 0 unspecified atom stereocenters. The van der Waals surface area contributed by atoms with Crippen molar-refractivity contribution in [2.45, 2.75) is 12.5 Å². The van der Waals surface area contributed by atoms with E-state index in [2.05, 4.69) is 17.4 Å². The Labute approximate surface area is 88.6 Å². The van der Waals surface area contributed by atoms with Crippen LogP contribution in [0.2, 0.25) is 0 Å². The molecule has 15 heavy (non-hydrogen) atoms. The zero-order valence-corrected chi connectivity index (χ0v) is 8.45. The molecular formula is C11H13NO3. The van der Waals surface area contributed by atoms with Gasteiger partial charge in [0.1, 0.15) is 0 Å². The molecule has 1 rings (SSSR count). The van der Waals surface area contributed by atoms with E-state index in [1.54, 1.807) is 19.1 Å². The summed E-state index contributed by atoms with van der Waals surface area (Å²) in [6, 6.07) is 9.98. The van der Waals surface area contributed by atoms with Crippen molar-refractivity contribution in [1.29, 1.82) is 0 Å². The number of carbonyl (C=O) groups excluding carboxylic acids is 1. The van der Waals surface area contributed by atoms with Gasteiger partial charge in [-0.2, -0.15) is 0 Å². The molecule has 0 bridgehead atoms. The Morgan fingerprint density at radius 3 is 2.60 bits per heavy atom. The minimum absolute atomic E-state index is 0.322. The van der Waals surface area contributed by atoms with Crippen LogP contribution in [0, 0.1) is 12.1 Å². The summed E-state index contributed by atoms with van der Waals surface area (Å²) < 4.78 is 0. The van der Waals surface area contributed by atoms with Crippen LogP contribution in [-0.4, -0.2) is 34.9 Å². The zero-order valence-electron chi connectivity index (χ0n) is 8.45.